The molecule has 1 heterocycles. The molecule has 1 aromatic rings. The zero-order valence-electron chi connectivity index (χ0n) is 10.3. The summed E-state index contributed by atoms with van der Waals surface area (Å²) < 4.78 is 40.8. The number of hydrogen-bond donors (Lipinski definition) is 2. The van der Waals surface area contributed by atoms with Gasteiger partial charge in [-0.2, -0.15) is 13.2 Å². The molecule has 0 atom stereocenters. The van der Waals surface area contributed by atoms with Crippen LogP contribution in [0.4, 0.5) is 13.2 Å². The molecule has 0 aliphatic carbocycles. The van der Waals surface area contributed by atoms with Crippen molar-refractivity contribution >= 4 is 11.9 Å². The third-order valence-electron chi connectivity index (χ3n) is 2.17. The highest BCUT2D eigenvalue weighted by atomic mass is 19.4. The van der Waals surface area contributed by atoms with Gasteiger partial charge in [0.2, 0.25) is 0 Å². The minimum Gasteiger partial charge on any atom is -0.480 e. The predicted molar refractivity (Wildman–Crippen MR) is 61.3 cm³/mol. The molecule has 0 bridgehead atoms. The van der Waals surface area contributed by atoms with Crippen LogP contribution in [0.3, 0.4) is 0 Å². The highest BCUT2D eigenvalue weighted by Gasteiger charge is 2.27. The van der Waals surface area contributed by atoms with Crippen molar-refractivity contribution in [3.63, 3.8) is 0 Å². The van der Waals surface area contributed by atoms with Gasteiger partial charge in [0.15, 0.2) is 0 Å². The summed E-state index contributed by atoms with van der Waals surface area (Å²) in [5.74, 6) is -1.68. The molecule has 1 rings (SSSR count). The molecule has 9 heteroatoms. The molecule has 0 radical (unpaired) electrons. The van der Waals surface area contributed by atoms with Crippen LogP contribution in [0, 0.1) is 0 Å². The number of aliphatic carboxylic acids is 1. The molecule has 0 aliphatic heterocycles. The van der Waals surface area contributed by atoms with Gasteiger partial charge in [0.1, 0.15) is 18.8 Å². The third kappa shape index (κ3) is 5.74. The van der Waals surface area contributed by atoms with Crippen molar-refractivity contribution in [2.24, 2.45) is 0 Å². The number of aromatic nitrogens is 1. The van der Waals surface area contributed by atoms with E-state index in [-0.39, 0.29) is 25.4 Å². The minimum atomic E-state index is -4.40. The number of carbonyl (C=O) groups is 2. The molecule has 1 amide bonds. The maximum Gasteiger partial charge on any atom is 0.411 e. The molecule has 0 saturated heterocycles. The summed E-state index contributed by atoms with van der Waals surface area (Å²) in [4.78, 5) is 22.2. The van der Waals surface area contributed by atoms with Crippen LogP contribution in [0.15, 0.2) is 18.3 Å². The van der Waals surface area contributed by atoms with E-state index >= 15 is 0 Å². The summed E-state index contributed by atoms with van der Waals surface area (Å²) in [6.07, 6.45) is -2.98. The standard InChI is InChI=1S/C11H13F3N2O4/c12-11(13,14)7-20-5-3-15-10(19)8-2-1-4-16(8)6-9(17)18/h1-2,4H,3,5-7H2,(H,15,19)(H,17,18). The fraction of sp³-hybridized carbons (Fsp3) is 0.455. The summed E-state index contributed by atoms with van der Waals surface area (Å²) in [6, 6.07) is 2.91. The zero-order valence-corrected chi connectivity index (χ0v) is 10.3. The smallest absolute Gasteiger partial charge is 0.411 e. The molecule has 0 fully saturated rings. The number of amides is 1. The number of alkyl halides is 3. The van der Waals surface area contributed by atoms with E-state index < -0.39 is 24.7 Å². The number of halogens is 3. The molecule has 0 unspecified atom stereocenters. The fourth-order valence-electron chi connectivity index (χ4n) is 1.42. The highest BCUT2D eigenvalue weighted by molar-refractivity contribution is 5.93. The zero-order chi connectivity index (χ0) is 15.2. The van der Waals surface area contributed by atoms with E-state index in [4.69, 9.17) is 5.11 Å². The first-order chi connectivity index (χ1) is 9.29. The molecule has 0 saturated carbocycles. The summed E-state index contributed by atoms with van der Waals surface area (Å²) in [5.41, 5.74) is 0.114. The number of ether oxygens (including phenoxy) is 1. The lowest BCUT2D eigenvalue weighted by Crippen LogP contribution is -2.30. The Balaban J connectivity index is 2.36. The van der Waals surface area contributed by atoms with Crippen molar-refractivity contribution in [2.75, 3.05) is 19.8 Å². The largest absolute Gasteiger partial charge is 0.480 e. The van der Waals surface area contributed by atoms with Gasteiger partial charge in [0.05, 0.1) is 6.61 Å². The van der Waals surface area contributed by atoms with Crippen LogP contribution in [0.2, 0.25) is 0 Å². The molecule has 20 heavy (non-hydrogen) atoms. The van der Waals surface area contributed by atoms with Crippen molar-refractivity contribution in [1.29, 1.82) is 0 Å². The Bertz CT molecular complexity index is 470. The van der Waals surface area contributed by atoms with Crippen molar-refractivity contribution < 1.29 is 32.6 Å². The van der Waals surface area contributed by atoms with Crippen LogP contribution >= 0.6 is 0 Å². The van der Waals surface area contributed by atoms with Gasteiger partial charge in [-0.1, -0.05) is 0 Å². The lowest BCUT2D eigenvalue weighted by molar-refractivity contribution is -0.173. The number of hydrogen-bond acceptors (Lipinski definition) is 3. The van der Waals surface area contributed by atoms with Gasteiger partial charge < -0.3 is 19.7 Å². The summed E-state index contributed by atoms with van der Waals surface area (Å²) in [5, 5.41) is 11.0. The number of nitrogens with zero attached hydrogens (tertiary/aromatic N) is 1. The molecular weight excluding hydrogens is 281 g/mol. The molecular formula is C11H13F3N2O4. The monoisotopic (exact) mass is 294 g/mol. The fourth-order valence-corrected chi connectivity index (χ4v) is 1.42. The highest BCUT2D eigenvalue weighted by Crippen LogP contribution is 2.13. The Morgan fingerprint density at radius 1 is 1.40 bits per heavy atom. The van der Waals surface area contributed by atoms with Gasteiger partial charge in [-0.05, 0) is 12.1 Å². The van der Waals surface area contributed by atoms with Gasteiger partial charge in [0, 0.05) is 12.7 Å². The number of carboxylic acids is 1. The van der Waals surface area contributed by atoms with E-state index in [9.17, 15) is 22.8 Å². The first kappa shape index (κ1) is 16.0. The van der Waals surface area contributed by atoms with Crippen LogP contribution < -0.4 is 5.32 Å². The molecule has 0 aliphatic rings. The van der Waals surface area contributed by atoms with Crippen LogP contribution in [-0.2, 0) is 16.1 Å². The second-order valence-corrected chi connectivity index (χ2v) is 3.84. The number of carbonyl (C=O) groups excluding carboxylic acids is 1. The van der Waals surface area contributed by atoms with E-state index in [1.807, 2.05) is 0 Å². The average Bonchev–Trinajstić information content (AvgIpc) is 2.74. The van der Waals surface area contributed by atoms with E-state index in [1.165, 1.54) is 22.9 Å². The van der Waals surface area contributed by atoms with E-state index in [1.54, 1.807) is 0 Å². The molecule has 112 valence electrons. The minimum absolute atomic E-state index is 0.104. The lowest BCUT2D eigenvalue weighted by Gasteiger charge is -2.09. The van der Waals surface area contributed by atoms with Gasteiger partial charge in [-0.25, -0.2) is 0 Å². The van der Waals surface area contributed by atoms with Crippen molar-refractivity contribution in [3.8, 4) is 0 Å². The topological polar surface area (TPSA) is 80.6 Å². The number of rotatable bonds is 7. The first-order valence-corrected chi connectivity index (χ1v) is 5.59. The normalized spacial score (nSPS) is 11.3. The third-order valence-corrected chi connectivity index (χ3v) is 2.17. The van der Waals surface area contributed by atoms with E-state index in [2.05, 4.69) is 10.1 Å². The second-order valence-electron chi connectivity index (χ2n) is 3.84. The summed E-state index contributed by atoms with van der Waals surface area (Å²) >= 11 is 0. The van der Waals surface area contributed by atoms with Gasteiger partial charge in [0.25, 0.3) is 5.91 Å². The number of carboxylic acid groups (broad SMARTS) is 1. The van der Waals surface area contributed by atoms with Crippen LogP contribution in [0.5, 0.6) is 0 Å². The van der Waals surface area contributed by atoms with Crippen molar-refractivity contribution in [2.45, 2.75) is 12.7 Å². The maximum absolute atomic E-state index is 11.8. The van der Waals surface area contributed by atoms with Crippen molar-refractivity contribution in [3.05, 3.63) is 24.0 Å². The molecule has 0 spiro atoms. The average molecular weight is 294 g/mol. The molecule has 6 nitrogen and oxygen atoms in total. The second kappa shape index (κ2) is 6.94. The van der Waals surface area contributed by atoms with Gasteiger partial charge >= 0.3 is 12.1 Å². The predicted octanol–water partition coefficient (Wildman–Crippen LogP) is 0.881. The molecule has 1 aromatic heterocycles. The molecule has 2 N–H and O–H groups in total. The quantitative estimate of drug-likeness (QED) is 0.732. The Morgan fingerprint density at radius 2 is 2.10 bits per heavy atom. The van der Waals surface area contributed by atoms with Crippen LogP contribution in [0.25, 0.3) is 0 Å². The SMILES string of the molecule is O=C(O)Cn1cccc1C(=O)NCCOCC(F)(F)F. The first-order valence-electron chi connectivity index (χ1n) is 5.59. The number of nitrogens with one attached hydrogen (secondary N) is 1. The lowest BCUT2D eigenvalue weighted by atomic mass is 10.4. The van der Waals surface area contributed by atoms with Crippen LogP contribution in [-0.4, -0.2) is 47.5 Å². The maximum atomic E-state index is 11.8. The van der Waals surface area contributed by atoms with Crippen molar-refractivity contribution in [1.82, 2.24) is 9.88 Å². The Morgan fingerprint density at radius 3 is 2.70 bits per heavy atom. The summed E-state index contributed by atoms with van der Waals surface area (Å²) in [6.45, 7) is -2.14. The Labute approximate surface area is 112 Å². The van der Waals surface area contributed by atoms with Crippen LogP contribution in [0.1, 0.15) is 10.5 Å². The Kier molecular flexibility index (Phi) is 5.56. The Hall–Kier alpha value is -2.03. The van der Waals surface area contributed by atoms with E-state index in [0.717, 1.165) is 0 Å². The summed E-state index contributed by atoms with van der Waals surface area (Å²) in [7, 11) is 0. The van der Waals surface area contributed by atoms with Gasteiger partial charge in [-0.3, -0.25) is 9.59 Å². The van der Waals surface area contributed by atoms with Gasteiger partial charge in [-0.15, -0.1) is 0 Å². The molecule has 0 aromatic carbocycles. The van der Waals surface area contributed by atoms with E-state index in [0.29, 0.717) is 0 Å².